The van der Waals surface area contributed by atoms with E-state index in [-0.39, 0.29) is 42.9 Å². The van der Waals surface area contributed by atoms with E-state index in [0.29, 0.717) is 4.34 Å². The lowest BCUT2D eigenvalue weighted by Gasteiger charge is -2.36. The molecule has 1 aliphatic rings. The second-order valence-corrected chi connectivity index (χ2v) is 8.55. The van der Waals surface area contributed by atoms with Crippen LogP contribution in [0.2, 0.25) is 0 Å². The number of nitrogens with zero attached hydrogens (tertiary/aromatic N) is 4. The summed E-state index contributed by atoms with van der Waals surface area (Å²) in [6.07, 6.45) is -4.60. The maximum Gasteiger partial charge on any atom is 0.417 e. The Labute approximate surface area is 167 Å². The van der Waals surface area contributed by atoms with E-state index in [1.165, 1.54) is 46.2 Å². The summed E-state index contributed by atoms with van der Waals surface area (Å²) in [6, 6.07) is 4.75. The summed E-state index contributed by atoms with van der Waals surface area (Å²) >= 11 is 2.65. The average Bonchev–Trinajstić information content (AvgIpc) is 3.19. The molecule has 2 heterocycles. The van der Waals surface area contributed by atoms with Gasteiger partial charge >= 0.3 is 6.18 Å². The number of alkyl halides is 3. The summed E-state index contributed by atoms with van der Waals surface area (Å²) in [7, 11) is 0. The fraction of sp³-hybridized carbons (Fsp3) is 0.412. The molecule has 28 heavy (non-hydrogen) atoms. The Hall–Kier alpha value is -2.14. The fourth-order valence-corrected chi connectivity index (χ4v) is 4.60. The van der Waals surface area contributed by atoms with Crippen LogP contribution in [0.5, 0.6) is 0 Å². The van der Waals surface area contributed by atoms with Crippen LogP contribution in [0.25, 0.3) is 0 Å². The van der Waals surface area contributed by atoms with Gasteiger partial charge in [-0.25, -0.2) is 0 Å². The van der Waals surface area contributed by atoms with Crippen molar-refractivity contribution in [3.63, 3.8) is 0 Å². The standard InChI is InChI=1S/C17H17F3N4O2S2/c1-11(28-16-22-21-10-27-16)14(25)23-6-8-24(9-7-23)15(26)12-4-2-3-5-13(12)17(18,19)20/h2-5,10-11H,6-9H2,1H3. The SMILES string of the molecule is CC(Sc1nncs1)C(=O)N1CCN(C(=O)c2ccccc2C(F)(F)F)CC1. The van der Waals surface area contributed by atoms with E-state index in [1.807, 2.05) is 0 Å². The third-order valence-corrected chi connectivity index (χ3v) is 6.21. The van der Waals surface area contributed by atoms with Crippen molar-refractivity contribution in [3.8, 4) is 0 Å². The van der Waals surface area contributed by atoms with Crippen LogP contribution in [0.3, 0.4) is 0 Å². The van der Waals surface area contributed by atoms with E-state index in [1.54, 1.807) is 17.3 Å². The molecule has 6 nitrogen and oxygen atoms in total. The molecule has 2 aromatic rings. The molecular formula is C17H17F3N4O2S2. The van der Waals surface area contributed by atoms with E-state index in [9.17, 15) is 22.8 Å². The zero-order chi connectivity index (χ0) is 20.3. The fourth-order valence-electron chi connectivity index (χ4n) is 2.89. The van der Waals surface area contributed by atoms with Crippen molar-refractivity contribution in [2.75, 3.05) is 26.2 Å². The molecule has 2 amide bonds. The Kier molecular flexibility index (Phi) is 6.23. The molecule has 1 aromatic carbocycles. The largest absolute Gasteiger partial charge is 0.417 e. The van der Waals surface area contributed by atoms with Gasteiger partial charge in [0.2, 0.25) is 5.91 Å². The summed E-state index contributed by atoms with van der Waals surface area (Å²) in [5, 5.41) is 7.26. The number of benzene rings is 1. The van der Waals surface area contributed by atoms with Crippen molar-refractivity contribution >= 4 is 34.9 Å². The number of thioether (sulfide) groups is 1. The zero-order valence-electron chi connectivity index (χ0n) is 14.8. The Morgan fingerprint density at radius 1 is 1.14 bits per heavy atom. The van der Waals surface area contributed by atoms with Gasteiger partial charge in [0.05, 0.1) is 16.4 Å². The van der Waals surface area contributed by atoms with Gasteiger partial charge in [0.1, 0.15) is 5.51 Å². The first-order valence-corrected chi connectivity index (χ1v) is 10.2. The first-order chi connectivity index (χ1) is 13.3. The number of amides is 2. The van der Waals surface area contributed by atoms with Gasteiger partial charge in [-0.15, -0.1) is 10.2 Å². The molecule has 1 aromatic heterocycles. The topological polar surface area (TPSA) is 66.4 Å². The van der Waals surface area contributed by atoms with Crippen LogP contribution in [0.4, 0.5) is 13.2 Å². The number of piperazine rings is 1. The number of carbonyl (C=O) groups is 2. The third kappa shape index (κ3) is 4.64. The predicted molar refractivity (Wildman–Crippen MR) is 99.2 cm³/mol. The van der Waals surface area contributed by atoms with Gasteiger partial charge in [0.15, 0.2) is 4.34 Å². The molecule has 1 fully saturated rings. The molecular weight excluding hydrogens is 413 g/mol. The number of carbonyl (C=O) groups excluding carboxylic acids is 2. The number of hydrogen-bond donors (Lipinski definition) is 0. The highest BCUT2D eigenvalue weighted by atomic mass is 32.2. The van der Waals surface area contributed by atoms with Crippen molar-refractivity contribution in [1.82, 2.24) is 20.0 Å². The minimum atomic E-state index is -4.60. The van der Waals surface area contributed by atoms with Crippen molar-refractivity contribution < 1.29 is 22.8 Å². The lowest BCUT2D eigenvalue weighted by molar-refractivity contribution is -0.138. The van der Waals surface area contributed by atoms with Crippen LogP contribution in [-0.4, -0.2) is 63.2 Å². The van der Waals surface area contributed by atoms with Gasteiger partial charge in [0.25, 0.3) is 5.91 Å². The molecule has 0 aliphatic carbocycles. The summed E-state index contributed by atoms with van der Waals surface area (Å²) in [6.45, 7) is 2.70. The molecule has 3 rings (SSSR count). The minimum Gasteiger partial charge on any atom is -0.338 e. The highest BCUT2D eigenvalue weighted by molar-refractivity contribution is 8.02. The monoisotopic (exact) mass is 430 g/mol. The molecule has 11 heteroatoms. The number of halogens is 3. The van der Waals surface area contributed by atoms with Gasteiger partial charge in [-0.05, 0) is 19.1 Å². The molecule has 1 aliphatic heterocycles. The van der Waals surface area contributed by atoms with Crippen molar-refractivity contribution in [2.24, 2.45) is 0 Å². The number of hydrogen-bond acceptors (Lipinski definition) is 6. The lowest BCUT2D eigenvalue weighted by Crippen LogP contribution is -2.52. The lowest BCUT2D eigenvalue weighted by atomic mass is 10.1. The highest BCUT2D eigenvalue weighted by Crippen LogP contribution is 2.32. The Morgan fingerprint density at radius 3 is 2.39 bits per heavy atom. The molecule has 1 atom stereocenters. The summed E-state index contributed by atoms with van der Waals surface area (Å²) in [5.74, 6) is -0.765. The third-order valence-electron chi connectivity index (χ3n) is 4.31. The van der Waals surface area contributed by atoms with Gasteiger partial charge in [-0.3, -0.25) is 9.59 Å². The molecule has 0 saturated carbocycles. The van der Waals surface area contributed by atoms with Crippen LogP contribution in [0, 0.1) is 0 Å². The van der Waals surface area contributed by atoms with Gasteiger partial charge < -0.3 is 9.80 Å². The van der Waals surface area contributed by atoms with E-state index >= 15 is 0 Å². The van der Waals surface area contributed by atoms with Gasteiger partial charge in [0, 0.05) is 26.2 Å². The van der Waals surface area contributed by atoms with E-state index in [2.05, 4.69) is 10.2 Å². The molecule has 1 unspecified atom stereocenters. The predicted octanol–water partition coefficient (Wildman–Crippen LogP) is 3.02. The maximum absolute atomic E-state index is 13.2. The highest BCUT2D eigenvalue weighted by Gasteiger charge is 2.36. The number of rotatable bonds is 4. The quantitative estimate of drug-likeness (QED) is 0.698. The number of aromatic nitrogens is 2. The van der Waals surface area contributed by atoms with E-state index in [4.69, 9.17) is 0 Å². The zero-order valence-corrected chi connectivity index (χ0v) is 16.5. The van der Waals surface area contributed by atoms with E-state index < -0.39 is 17.6 Å². The summed E-state index contributed by atoms with van der Waals surface area (Å²) < 4.78 is 40.2. The summed E-state index contributed by atoms with van der Waals surface area (Å²) in [4.78, 5) is 28.1. The smallest absolute Gasteiger partial charge is 0.338 e. The molecule has 150 valence electrons. The van der Waals surface area contributed by atoms with Crippen LogP contribution >= 0.6 is 23.1 Å². The second-order valence-electron chi connectivity index (χ2n) is 6.13. The average molecular weight is 430 g/mol. The first kappa shape index (κ1) is 20.6. The molecule has 0 radical (unpaired) electrons. The Morgan fingerprint density at radius 2 is 1.79 bits per heavy atom. The molecule has 0 N–H and O–H groups in total. The van der Waals surface area contributed by atoms with Crippen molar-refractivity contribution in [1.29, 1.82) is 0 Å². The van der Waals surface area contributed by atoms with Crippen LogP contribution in [-0.2, 0) is 11.0 Å². The minimum absolute atomic E-state index is 0.0945. The molecule has 1 saturated heterocycles. The van der Waals surface area contributed by atoms with Crippen LogP contribution in [0.1, 0.15) is 22.8 Å². The first-order valence-electron chi connectivity index (χ1n) is 8.44. The van der Waals surface area contributed by atoms with Crippen LogP contribution < -0.4 is 0 Å². The van der Waals surface area contributed by atoms with Gasteiger partial charge in [-0.1, -0.05) is 35.2 Å². The Bertz CT molecular complexity index is 837. The van der Waals surface area contributed by atoms with Crippen molar-refractivity contribution in [3.05, 3.63) is 40.9 Å². The molecule has 0 bridgehead atoms. The van der Waals surface area contributed by atoms with Gasteiger partial charge in [-0.2, -0.15) is 13.2 Å². The maximum atomic E-state index is 13.2. The normalized spacial score (nSPS) is 16.1. The van der Waals surface area contributed by atoms with Crippen LogP contribution in [0.15, 0.2) is 34.1 Å². The summed E-state index contributed by atoms with van der Waals surface area (Å²) in [5.41, 5.74) is 0.276. The Balaban J connectivity index is 1.61. The second kappa shape index (κ2) is 8.48. The van der Waals surface area contributed by atoms with E-state index in [0.717, 1.165) is 6.07 Å². The molecule has 0 spiro atoms. The van der Waals surface area contributed by atoms with Crippen molar-refractivity contribution in [2.45, 2.75) is 22.7 Å².